The number of allylic oxidation sites excluding steroid dienone is 6. The summed E-state index contributed by atoms with van der Waals surface area (Å²) in [5, 5.41) is 14.0. The largest absolute Gasteiger partial charge is 3.00 e. The molecule has 8 nitrogen and oxygen atoms in total. The topological polar surface area (TPSA) is 102 Å². The fourth-order valence-corrected chi connectivity index (χ4v) is 5.86. The third kappa shape index (κ3) is 3.89. The van der Waals surface area contributed by atoms with Gasteiger partial charge in [-0.25, -0.2) is 15.0 Å². The van der Waals surface area contributed by atoms with E-state index in [1.54, 1.807) is 0 Å². The number of benzene rings is 2. The Hall–Kier alpha value is -4.69. The van der Waals surface area contributed by atoms with Crippen LogP contribution in [-0.4, -0.2) is 23.3 Å². The van der Waals surface area contributed by atoms with Crippen molar-refractivity contribution in [2.24, 2.45) is 25.9 Å². The average Bonchev–Trinajstić information content (AvgIpc) is 3.73. The summed E-state index contributed by atoms with van der Waals surface area (Å²) in [5.74, 6) is 5.38. The van der Waals surface area contributed by atoms with E-state index >= 15 is 0 Å². The zero-order valence-corrected chi connectivity index (χ0v) is 23.7. The van der Waals surface area contributed by atoms with E-state index in [2.05, 4.69) is 47.1 Å². The van der Waals surface area contributed by atoms with Crippen LogP contribution in [0.1, 0.15) is 17.5 Å². The van der Waals surface area contributed by atoms with Crippen LogP contribution < -0.4 is 28.0 Å². The maximum Gasteiger partial charge on any atom is 3.00 e. The second kappa shape index (κ2) is 9.99. The van der Waals surface area contributed by atoms with E-state index in [1.807, 2.05) is 54.6 Å². The van der Waals surface area contributed by atoms with Gasteiger partial charge in [-0.1, -0.05) is 91.1 Å². The molecule has 203 valence electrons. The molecule has 1 unspecified atom stereocenters. The van der Waals surface area contributed by atoms with Crippen molar-refractivity contribution in [2.75, 3.05) is 0 Å². The van der Waals surface area contributed by atoms with Crippen LogP contribution >= 0.6 is 0 Å². The third-order valence-electron chi connectivity index (χ3n) is 7.74. The average molecular weight is 608 g/mol. The van der Waals surface area contributed by atoms with Crippen LogP contribution in [0.4, 0.5) is 11.6 Å². The maximum atomic E-state index is 5.07. The monoisotopic (exact) mass is 607 g/mol. The van der Waals surface area contributed by atoms with Crippen molar-refractivity contribution >= 4 is 45.8 Å². The summed E-state index contributed by atoms with van der Waals surface area (Å²) in [6.07, 6.45) is 15.5. The molecule has 42 heavy (non-hydrogen) atoms. The molecule has 0 amide bonds. The van der Waals surface area contributed by atoms with Gasteiger partial charge in [-0.2, -0.15) is 0 Å². The molecule has 1 aromatic heterocycles. The Bertz CT molecular complexity index is 2010. The molecule has 9 rings (SSSR count). The van der Waals surface area contributed by atoms with Crippen molar-refractivity contribution in [3.63, 3.8) is 0 Å². The van der Waals surface area contributed by atoms with Gasteiger partial charge < -0.3 is 38.3 Å². The van der Waals surface area contributed by atoms with Gasteiger partial charge in [0.1, 0.15) is 17.5 Å². The molecule has 0 saturated heterocycles. The van der Waals surface area contributed by atoms with Crippen LogP contribution in [0.2, 0.25) is 0 Å². The molecule has 10 heteroatoms. The number of rotatable bonds is 0. The molecule has 2 aromatic carbocycles. The van der Waals surface area contributed by atoms with E-state index in [0.717, 1.165) is 62.5 Å². The number of fused-ring (bicyclic) bond motifs is 16. The van der Waals surface area contributed by atoms with Crippen molar-refractivity contribution in [3.05, 3.63) is 136 Å². The van der Waals surface area contributed by atoms with Crippen molar-refractivity contribution in [3.8, 4) is 0 Å². The minimum atomic E-state index is -0.0308. The van der Waals surface area contributed by atoms with Gasteiger partial charge in [0.05, 0.1) is 5.92 Å². The zero-order valence-electron chi connectivity index (χ0n) is 21.9. The Morgan fingerprint density at radius 3 is 2.57 bits per heavy atom. The van der Waals surface area contributed by atoms with E-state index in [9.17, 15) is 0 Å². The van der Waals surface area contributed by atoms with Crippen molar-refractivity contribution in [1.29, 1.82) is 0 Å². The summed E-state index contributed by atoms with van der Waals surface area (Å²) in [6.45, 7) is 0. The van der Waals surface area contributed by atoms with E-state index in [4.69, 9.17) is 30.3 Å². The molecule has 4 aliphatic heterocycles. The van der Waals surface area contributed by atoms with Gasteiger partial charge in [0, 0.05) is 28.3 Å². The predicted molar refractivity (Wildman–Crippen MR) is 158 cm³/mol. The number of hydrogen-bond acceptors (Lipinski definition) is 6. The van der Waals surface area contributed by atoms with E-state index in [-0.39, 0.29) is 35.4 Å². The van der Waals surface area contributed by atoms with Crippen LogP contribution in [0, 0.1) is 5.92 Å². The normalized spacial score (nSPS) is 20.5. The molecular formula is C32H20ClFeN8. The van der Waals surface area contributed by atoms with Crippen molar-refractivity contribution in [1.82, 2.24) is 15.6 Å². The number of aliphatic imine (C=N–C) groups is 4. The molecule has 2 aliphatic carbocycles. The smallest absolute Gasteiger partial charge is 1.00 e. The van der Waals surface area contributed by atoms with Crippen LogP contribution in [0.3, 0.4) is 0 Å². The summed E-state index contributed by atoms with van der Waals surface area (Å²) in [6, 6.07) is 16.2. The number of halogens is 1. The summed E-state index contributed by atoms with van der Waals surface area (Å²) in [7, 11) is 0. The molecule has 0 spiro atoms. The summed E-state index contributed by atoms with van der Waals surface area (Å²) < 4.78 is 0. The quantitative estimate of drug-likeness (QED) is 0.385. The number of amidine groups is 4. The maximum absolute atomic E-state index is 5.07. The fourth-order valence-electron chi connectivity index (χ4n) is 5.86. The minimum absolute atomic E-state index is 0. The second-order valence-electron chi connectivity index (χ2n) is 10.1. The Kier molecular flexibility index (Phi) is 6.24. The fraction of sp³-hybridized carbons (Fsp3) is 0.0625. The molecule has 5 heterocycles. The Labute approximate surface area is 258 Å². The van der Waals surface area contributed by atoms with Gasteiger partial charge in [-0.3, -0.25) is 0 Å². The molecule has 8 bridgehead atoms. The SMILES string of the molecule is C1=CC2=C3NC4=NC(=NC5=C6C=CCC=C6C(=N5)[N-]c5[n-]c(c6ccccc56)N=C(N3)C2C=C1)c1ccccc14.[Cl-].[Fe+3]. The van der Waals surface area contributed by atoms with Gasteiger partial charge in [0.25, 0.3) is 0 Å². The molecule has 0 fully saturated rings. The molecule has 6 aliphatic rings. The second-order valence-corrected chi connectivity index (χ2v) is 10.1. The molecule has 1 atom stereocenters. The van der Waals surface area contributed by atoms with Crippen molar-refractivity contribution in [2.45, 2.75) is 6.42 Å². The van der Waals surface area contributed by atoms with Crippen molar-refractivity contribution < 1.29 is 29.5 Å². The summed E-state index contributed by atoms with van der Waals surface area (Å²) in [4.78, 5) is 24.9. The number of nitrogens with zero attached hydrogens (tertiary/aromatic N) is 6. The van der Waals surface area contributed by atoms with Gasteiger partial charge in [0.15, 0.2) is 5.84 Å². The van der Waals surface area contributed by atoms with Crippen LogP contribution in [0.25, 0.3) is 16.1 Å². The first-order valence-electron chi connectivity index (χ1n) is 13.3. The molecule has 1 radical (unpaired) electrons. The molecule has 3 aromatic rings. The number of nitrogens with one attached hydrogen (secondary N) is 2. The molecule has 0 saturated carbocycles. The summed E-state index contributed by atoms with van der Waals surface area (Å²) >= 11 is 0. The Morgan fingerprint density at radius 1 is 0.833 bits per heavy atom. The first-order valence-corrected chi connectivity index (χ1v) is 13.3. The predicted octanol–water partition coefficient (Wildman–Crippen LogP) is 2.71. The summed E-state index contributed by atoms with van der Waals surface area (Å²) in [5.41, 5.74) is 4.94. The third-order valence-corrected chi connectivity index (χ3v) is 7.74. The molecular weight excluding hydrogens is 588 g/mol. The first-order chi connectivity index (χ1) is 19.8. The van der Waals surface area contributed by atoms with Gasteiger partial charge in [-0.05, 0) is 28.3 Å². The zero-order chi connectivity index (χ0) is 26.2. The first kappa shape index (κ1) is 26.2. The van der Waals surface area contributed by atoms with Gasteiger partial charge in [-0.15, -0.1) is 11.7 Å². The van der Waals surface area contributed by atoms with E-state index in [0.29, 0.717) is 29.1 Å². The van der Waals surface area contributed by atoms with E-state index in [1.165, 1.54) is 0 Å². The van der Waals surface area contributed by atoms with Gasteiger partial charge >= 0.3 is 17.1 Å². The van der Waals surface area contributed by atoms with E-state index < -0.39 is 0 Å². The van der Waals surface area contributed by atoms with Crippen LogP contribution in [0.5, 0.6) is 0 Å². The molecule has 2 N–H and O–H groups in total. The Balaban J connectivity index is 0.00000144. The van der Waals surface area contributed by atoms with Gasteiger partial charge in [0.2, 0.25) is 0 Å². The minimum Gasteiger partial charge on any atom is -1.00 e. The van der Waals surface area contributed by atoms with Crippen LogP contribution in [0.15, 0.2) is 139 Å². The van der Waals surface area contributed by atoms with Crippen LogP contribution in [-0.2, 0) is 17.1 Å². The number of aromatic nitrogens is 1. The standard InChI is InChI=1S/C32H20N8.ClH.Fe/c1-2-10-18-17(9-1)25-33-26(18)38-28-21-13-5-6-14-22(21)30(35-28)40-32-24-16-8-7-15-23(24)31(36-32)39-29-20-12-4-3-11-19(20)27(34-29)37-25;;/h1-7,9-16,18H,8H2,(H2-,33,34,36,37,38,39,40);1H;/q-2;;+3/p-1. The Morgan fingerprint density at radius 2 is 1.67 bits per heavy atom. The number of hydrogen-bond donors (Lipinski definition) is 2.